The number of nitrogens with one attached hydrogen (secondary N) is 1. The molecular formula is C21H22N4O4S. The molecule has 2 aromatic heterocycles. The molecule has 1 aromatic carbocycles. The minimum Gasteiger partial charge on any atom is -0.482 e. The summed E-state index contributed by atoms with van der Waals surface area (Å²) < 4.78 is 33.6. The van der Waals surface area contributed by atoms with E-state index >= 15 is 0 Å². The van der Waals surface area contributed by atoms with Crippen molar-refractivity contribution in [3.8, 4) is 5.75 Å². The van der Waals surface area contributed by atoms with Gasteiger partial charge >= 0.3 is 0 Å². The summed E-state index contributed by atoms with van der Waals surface area (Å²) in [5.41, 5.74) is 2.53. The Kier molecular flexibility index (Phi) is 4.52. The summed E-state index contributed by atoms with van der Waals surface area (Å²) in [6.07, 6.45) is 6.36. The van der Waals surface area contributed by atoms with E-state index < -0.39 is 10.0 Å². The van der Waals surface area contributed by atoms with Gasteiger partial charge < -0.3 is 15.0 Å². The molecule has 0 aliphatic carbocycles. The van der Waals surface area contributed by atoms with Gasteiger partial charge in [0.15, 0.2) is 6.61 Å². The number of rotatable bonds is 4. The quantitative estimate of drug-likeness (QED) is 0.688. The monoisotopic (exact) mass is 426 g/mol. The lowest BCUT2D eigenvalue weighted by Gasteiger charge is -2.19. The number of likely N-dealkylation sites (tertiary alicyclic amines) is 1. The second-order valence-electron chi connectivity index (χ2n) is 7.80. The number of aromatic nitrogens is 2. The highest BCUT2D eigenvalue weighted by molar-refractivity contribution is 7.90. The van der Waals surface area contributed by atoms with Gasteiger partial charge in [-0.1, -0.05) is 0 Å². The molecule has 1 atom stereocenters. The summed E-state index contributed by atoms with van der Waals surface area (Å²) >= 11 is 0. The Morgan fingerprint density at radius 1 is 1.30 bits per heavy atom. The SMILES string of the molecule is CN1CCC[C@@H]1Cc1cn(S(=O)(=O)c2ccc3c(c2)NC(=O)CO3)c2cccnc12. The van der Waals surface area contributed by atoms with E-state index in [9.17, 15) is 13.2 Å². The molecule has 156 valence electrons. The first-order valence-electron chi connectivity index (χ1n) is 9.91. The maximum Gasteiger partial charge on any atom is 0.268 e. The van der Waals surface area contributed by atoms with Crippen LogP contribution in [0.3, 0.4) is 0 Å². The lowest BCUT2D eigenvalue weighted by Crippen LogP contribution is -2.26. The van der Waals surface area contributed by atoms with Crippen molar-refractivity contribution >= 4 is 32.7 Å². The molecule has 9 heteroatoms. The number of amides is 1. The number of carbonyl (C=O) groups excluding carboxylic acids is 1. The van der Waals surface area contributed by atoms with Gasteiger partial charge in [-0.2, -0.15) is 0 Å². The largest absolute Gasteiger partial charge is 0.482 e. The molecule has 1 saturated heterocycles. The number of hydrogen-bond donors (Lipinski definition) is 1. The van der Waals surface area contributed by atoms with Crippen LogP contribution in [-0.4, -0.2) is 54.4 Å². The number of pyridine rings is 1. The van der Waals surface area contributed by atoms with E-state index in [1.807, 2.05) is 0 Å². The third-order valence-electron chi connectivity index (χ3n) is 5.87. The molecule has 3 aromatic rings. The molecule has 5 rings (SSSR count). The lowest BCUT2D eigenvalue weighted by atomic mass is 10.1. The van der Waals surface area contributed by atoms with Crippen molar-refractivity contribution in [3.05, 3.63) is 48.3 Å². The minimum atomic E-state index is -3.89. The number of nitrogens with zero attached hydrogens (tertiary/aromatic N) is 3. The predicted molar refractivity (Wildman–Crippen MR) is 112 cm³/mol. The third-order valence-corrected chi connectivity index (χ3v) is 7.54. The van der Waals surface area contributed by atoms with Crippen LogP contribution < -0.4 is 10.1 Å². The molecule has 1 fully saturated rings. The molecular weight excluding hydrogens is 404 g/mol. The highest BCUT2D eigenvalue weighted by Crippen LogP contribution is 2.33. The molecule has 30 heavy (non-hydrogen) atoms. The lowest BCUT2D eigenvalue weighted by molar-refractivity contribution is -0.118. The Morgan fingerprint density at radius 3 is 2.97 bits per heavy atom. The Balaban J connectivity index is 1.59. The van der Waals surface area contributed by atoms with Crippen molar-refractivity contribution in [1.29, 1.82) is 0 Å². The standard InChI is InChI=1S/C21H22N4O4S/c1-24-9-3-4-15(24)10-14-12-25(18-5-2-8-22-21(14)18)30(27,28)16-6-7-19-17(11-16)23-20(26)13-29-19/h2,5-8,11-12,15H,3-4,9-10,13H2,1H3,(H,23,26)/t15-/m1/s1. The molecule has 8 nitrogen and oxygen atoms in total. The van der Waals surface area contributed by atoms with Gasteiger partial charge in [0.25, 0.3) is 15.9 Å². The van der Waals surface area contributed by atoms with Crippen molar-refractivity contribution in [2.45, 2.75) is 30.2 Å². The van der Waals surface area contributed by atoms with E-state index in [1.54, 1.807) is 30.6 Å². The zero-order valence-corrected chi connectivity index (χ0v) is 17.4. The van der Waals surface area contributed by atoms with Gasteiger partial charge in [0.05, 0.1) is 21.6 Å². The normalized spacial score (nSPS) is 19.5. The van der Waals surface area contributed by atoms with Gasteiger partial charge in [0.2, 0.25) is 0 Å². The fourth-order valence-electron chi connectivity index (χ4n) is 4.27. The van der Waals surface area contributed by atoms with Crippen LogP contribution >= 0.6 is 0 Å². The molecule has 2 aliphatic heterocycles. The zero-order chi connectivity index (χ0) is 20.9. The van der Waals surface area contributed by atoms with E-state index in [4.69, 9.17) is 4.74 Å². The first-order valence-corrected chi connectivity index (χ1v) is 11.3. The Labute approximate surface area is 174 Å². The van der Waals surface area contributed by atoms with Gasteiger partial charge in [-0.25, -0.2) is 12.4 Å². The number of fused-ring (bicyclic) bond motifs is 2. The topological polar surface area (TPSA) is 93.5 Å². The van der Waals surface area contributed by atoms with Crippen LogP contribution in [0.4, 0.5) is 5.69 Å². The van der Waals surface area contributed by atoms with Crippen LogP contribution in [0.5, 0.6) is 5.75 Å². The van der Waals surface area contributed by atoms with Crippen molar-refractivity contribution in [3.63, 3.8) is 0 Å². The minimum absolute atomic E-state index is 0.0774. The number of benzene rings is 1. The summed E-state index contributed by atoms with van der Waals surface area (Å²) in [6.45, 7) is 0.976. The van der Waals surface area contributed by atoms with Gasteiger partial charge in [-0.05, 0) is 68.8 Å². The maximum atomic E-state index is 13.5. The fourth-order valence-corrected chi connectivity index (χ4v) is 5.68. The molecule has 0 radical (unpaired) electrons. The van der Waals surface area contributed by atoms with Crippen LogP contribution in [0, 0.1) is 0 Å². The maximum absolute atomic E-state index is 13.5. The van der Waals surface area contributed by atoms with Crippen LogP contribution in [0.25, 0.3) is 11.0 Å². The van der Waals surface area contributed by atoms with Crippen molar-refractivity contribution in [2.24, 2.45) is 0 Å². The molecule has 1 N–H and O–H groups in total. The summed E-state index contributed by atoms with van der Waals surface area (Å²) in [4.78, 5) is 18.5. The van der Waals surface area contributed by atoms with Gasteiger partial charge in [0.1, 0.15) is 5.75 Å². The summed E-state index contributed by atoms with van der Waals surface area (Å²) in [5.74, 6) is 0.146. The molecule has 4 heterocycles. The average Bonchev–Trinajstić information content (AvgIpc) is 3.32. The van der Waals surface area contributed by atoms with E-state index in [0.29, 0.717) is 28.5 Å². The Morgan fingerprint density at radius 2 is 2.17 bits per heavy atom. The molecule has 1 amide bonds. The molecule has 0 spiro atoms. The number of likely N-dealkylation sites (N-methyl/N-ethyl adjacent to an activating group) is 1. The summed E-state index contributed by atoms with van der Waals surface area (Å²) in [5, 5.41) is 2.66. The van der Waals surface area contributed by atoms with Crippen molar-refractivity contribution in [2.75, 3.05) is 25.5 Å². The van der Waals surface area contributed by atoms with Crippen LogP contribution in [-0.2, 0) is 21.2 Å². The number of carbonyl (C=O) groups is 1. The Bertz CT molecular complexity index is 1250. The molecule has 0 unspecified atom stereocenters. The summed E-state index contributed by atoms with van der Waals surface area (Å²) in [6, 6.07) is 8.39. The predicted octanol–water partition coefficient (Wildman–Crippen LogP) is 2.24. The van der Waals surface area contributed by atoms with E-state index in [2.05, 4.69) is 22.2 Å². The average molecular weight is 426 g/mol. The van der Waals surface area contributed by atoms with Gasteiger partial charge in [-0.15, -0.1) is 0 Å². The van der Waals surface area contributed by atoms with Gasteiger partial charge in [-0.3, -0.25) is 9.78 Å². The second-order valence-corrected chi connectivity index (χ2v) is 9.62. The first kappa shape index (κ1) is 19.1. The highest BCUT2D eigenvalue weighted by Gasteiger charge is 2.27. The highest BCUT2D eigenvalue weighted by atomic mass is 32.2. The summed E-state index contributed by atoms with van der Waals surface area (Å²) in [7, 11) is -1.78. The second kappa shape index (κ2) is 7.10. The zero-order valence-electron chi connectivity index (χ0n) is 16.5. The molecule has 0 bridgehead atoms. The van der Waals surface area contributed by atoms with E-state index in [1.165, 1.54) is 16.1 Å². The molecule has 0 saturated carbocycles. The van der Waals surface area contributed by atoms with Crippen molar-refractivity contribution in [1.82, 2.24) is 13.9 Å². The fraction of sp³-hybridized carbons (Fsp3) is 0.333. The van der Waals surface area contributed by atoms with Crippen LogP contribution in [0.1, 0.15) is 18.4 Å². The van der Waals surface area contributed by atoms with Crippen LogP contribution in [0.2, 0.25) is 0 Å². The smallest absolute Gasteiger partial charge is 0.268 e. The van der Waals surface area contributed by atoms with E-state index in [-0.39, 0.29) is 17.4 Å². The van der Waals surface area contributed by atoms with Crippen LogP contribution in [0.15, 0.2) is 47.6 Å². The number of ether oxygens (including phenoxy) is 1. The third kappa shape index (κ3) is 3.14. The van der Waals surface area contributed by atoms with Crippen molar-refractivity contribution < 1.29 is 17.9 Å². The van der Waals surface area contributed by atoms with E-state index in [0.717, 1.165) is 31.4 Å². The number of anilines is 1. The van der Waals surface area contributed by atoms with Gasteiger partial charge in [0, 0.05) is 18.4 Å². The first-order chi connectivity index (χ1) is 14.4. The Hall–Kier alpha value is -2.91. The number of hydrogen-bond acceptors (Lipinski definition) is 6. The molecule has 2 aliphatic rings.